The van der Waals surface area contributed by atoms with Crippen LogP contribution in [0, 0.1) is 11.7 Å². The molecule has 24 heavy (non-hydrogen) atoms. The van der Waals surface area contributed by atoms with Crippen LogP contribution < -0.4 is 10.2 Å². The Balaban J connectivity index is 1.64. The van der Waals surface area contributed by atoms with Crippen molar-refractivity contribution in [1.29, 1.82) is 0 Å². The number of methoxy groups -OCH3 is 1. The van der Waals surface area contributed by atoms with Crippen molar-refractivity contribution in [2.24, 2.45) is 5.92 Å². The zero-order valence-electron chi connectivity index (χ0n) is 12.9. The van der Waals surface area contributed by atoms with Crippen LogP contribution in [0.3, 0.4) is 0 Å². The monoisotopic (exact) mass is 350 g/mol. The van der Waals surface area contributed by atoms with Gasteiger partial charge in [0.1, 0.15) is 17.4 Å². The van der Waals surface area contributed by atoms with Crippen molar-refractivity contribution in [2.45, 2.75) is 13.0 Å². The molecule has 0 bridgehead atoms. The molecule has 9 heteroatoms. The van der Waals surface area contributed by atoms with Gasteiger partial charge in [-0.1, -0.05) is 11.3 Å². The second kappa shape index (κ2) is 7.02. The number of hydrogen-bond donors (Lipinski definition) is 1. The van der Waals surface area contributed by atoms with Crippen LogP contribution in [0.5, 0.6) is 0 Å². The molecule has 2 amide bonds. The zero-order valence-corrected chi connectivity index (χ0v) is 13.7. The van der Waals surface area contributed by atoms with Gasteiger partial charge < -0.3 is 15.0 Å². The average molecular weight is 350 g/mol. The van der Waals surface area contributed by atoms with Gasteiger partial charge in [0, 0.05) is 25.8 Å². The molecule has 1 aromatic heterocycles. The number of ether oxygens (including phenoxy) is 1. The first-order valence-electron chi connectivity index (χ1n) is 7.25. The Morgan fingerprint density at radius 3 is 2.88 bits per heavy atom. The lowest BCUT2D eigenvalue weighted by atomic mass is 10.1. The molecular weight excluding hydrogens is 335 g/mol. The van der Waals surface area contributed by atoms with E-state index in [1.54, 1.807) is 7.11 Å². The quantitative estimate of drug-likeness (QED) is 0.889. The van der Waals surface area contributed by atoms with Crippen molar-refractivity contribution >= 4 is 34.0 Å². The maximum absolute atomic E-state index is 13.0. The fourth-order valence-corrected chi connectivity index (χ4v) is 3.16. The van der Waals surface area contributed by atoms with Crippen molar-refractivity contribution in [3.63, 3.8) is 0 Å². The maximum Gasteiger partial charge on any atom is 0.231 e. The van der Waals surface area contributed by atoms with E-state index in [9.17, 15) is 14.0 Å². The van der Waals surface area contributed by atoms with E-state index in [1.165, 1.54) is 40.5 Å². The van der Waals surface area contributed by atoms with Crippen LogP contribution in [0.25, 0.3) is 0 Å². The van der Waals surface area contributed by atoms with Gasteiger partial charge in [0.15, 0.2) is 0 Å². The highest BCUT2D eigenvalue weighted by Gasteiger charge is 2.35. The molecule has 1 fully saturated rings. The van der Waals surface area contributed by atoms with Crippen LogP contribution >= 0.6 is 11.3 Å². The minimum Gasteiger partial charge on any atom is -0.377 e. The van der Waals surface area contributed by atoms with Gasteiger partial charge in [0.25, 0.3) is 0 Å². The highest BCUT2D eigenvalue weighted by molar-refractivity contribution is 7.15. The molecule has 0 unspecified atom stereocenters. The van der Waals surface area contributed by atoms with Gasteiger partial charge in [0.05, 0.1) is 5.92 Å². The molecule has 1 N–H and O–H groups in total. The van der Waals surface area contributed by atoms with Gasteiger partial charge in [0.2, 0.25) is 16.9 Å². The van der Waals surface area contributed by atoms with Gasteiger partial charge in [-0.25, -0.2) is 4.39 Å². The summed E-state index contributed by atoms with van der Waals surface area (Å²) in [6.45, 7) is 0.577. The molecule has 0 aliphatic carbocycles. The molecule has 2 aromatic rings. The van der Waals surface area contributed by atoms with Crippen LogP contribution in [-0.4, -0.2) is 35.7 Å². The summed E-state index contributed by atoms with van der Waals surface area (Å²) in [5, 5.41) is 11.5. The van der Waals surface area contributed by atoms with Gasteiger partial charge in [-0.2, -0.15) is 0 Å². The number of carbonyl (C=O) groups is 2. The van der Waals surface area contributed by atoms with E-state index >= 15 is 0 Å². The number of benzene rings is 1. The fourth-order valence-electron chi connectivity index (χ4n) is 2.45. The summed E-state index contributed by atoms with van der Waals surface area (Å²) in [5.74, 6) is -1.31. The standard InChI is InChI=1S/C15H15FN4O3S/c1-23-8-12-18-19-15(24-12)17-14(22)9-6-13(21)20(7-9)11-4-2-10(16)3-5-11/h2-5,9H,6-8H2,1H3,(H,17,19,22)/t9-/m1/s1. The summed E-state index contributed by atoms with van der Waals surface area (Å²) in [5.41, 5.74) is 0.579. The first-order chi connectivity index (χ1) is 11.6. The molecule has 126 valence electrons. The minimum absolute atomic E-state index is 0.104. The van der Waals surface area contributed by atoms with Gasteiger partial charge in [-0.3, -0.25) is 9.59 Å². The lowest BCUT2D eigenvalue weighted by Gasteiger charge is -2.16. The third kappa shape index (κ3) is 3.57. The highest BCUT2D eigenvalue weighted by atomic mass is 32.1. The predicted octanol–water partition coefficient (Wildman–Crippen LogP) is 1.82. The largest absolute Gasteiger partial charge is 0.377 e. The Hall–Kier alpha value is -2.39. The number of nitrogens with one attached hydrogen (secondary N) is 1. The topological polar surface area (TPSA) is 84.4 Å². The normalized spacial score (nSPS) is 17.3. The molecule has 0 saturated carbocycles. The Bertz CT molecular complexity index is 749. The van der Waals surface area contributed by atoms with E-state index in [1.807, 2.05) is 0 Å². The number of carbonyl (C=O) groups excluding carboxylic acids is 2. The number of anilines is 2. The summed E-state index contributed by atoms with van der Waals surface area (Å²) in [6, 6.07) is 5.62. The van der Waals surface area contributed by atoms with E-state index in [0.29, 0.717) is 22.4 Å². The fraction of sp³-hybridized carbons (Fsp3) is 0.333. The van der Waals surface area contributed by atoms with E-state index < -0.39 is 5.92 Å². The second-order valence-electron chi connectivity index (χ2n) is 5.31. The van der Waals surface area contributed by atoms with Gasteiger partial charge in [-0.15, -0.1) is 10.2 Å². The molecule has 1 aliphatic heterocycles. The molecule has 1 atom stereocenters. The lowest BCUT2D eigenvalue weighted by molar-refractivity contribution is -0.122. The molecule has 1 aromatic carbocycles. The van der Waals surface area contributed by atoms with E-state index in [0.717, 1.165) is 0 Å². The van der Waals surface area contributed by atoms with Crippen molar-refractivity contribution in [1.82, 2.24) is 10.2 Å². The summed E-state index contributed by atoms with van der Waals surface area (Å²) < 4.78 is 17.9. The average Bonchev–Trinajstić information content (AvgIpc) is 3.15. The third-order valence-corrected chi connectivity index (χ3v) is 4.41. The molecular formula is C15H15FN4O3S. The van der Waals surface area contributed by atoms with Crippen LogP contribution in [0.4, 0.5) is 15.2 Å². The molecule has 1 aliphatic rings. The van der Waals surface area contributed by atoms with Gasteiger partial charge >= 0.3 is 0 Å². The number of amides is 2. The number of halogens is 1. The minimum atomic E-state index is -0.489. The lowest BCUT2D eigenvalue weighted by Crippen LogP contribution is -2.28. The Labute approximate surface area is 141 Å². The number of nitrogens with zero attached hydrogens (tertiary/aromatic N) is 3. The smallest absolute Gasteiger partial charge is 0.231 e. The van der Waals surface area contributed by atoms with E-state index in [4.69, 9.17) is 4.74 Å². The summed E-state index contributed by atoms with van der Waals surface area (Å²) in [4.78, 5) is 25.9. The first kappa shape index (κ1) is 16.5. The van der Waals surface area contributed by atoms with E-state index in [2.05, 4.69) is 15.5 Å². The summed E-state index contributed by atoms with van der Waals surface area (Å²) >= 11 is 1.22. The van der Waals surface area contributed by atoms with Crippen molar-refractivity contribution < 1.29 is 18.7 Å². The zero-order chi connectivity index (χ0) is 17.1. The van der Waals surface area contributed by atoms with Gasteiger partial charge in [-0.05, 0) is 24.3 Å². The van der Waals surface area contributed by atoms with Crippen LogP contribution in [0.15, 0.2) is 24.3 Å². The van der Waals surface area contributed by atoms with E-state index in [-0.39, 0.29) is 30.6 Å². The molecule has 2 heterocycles. The van der Waals surface area contributed by atoms with Crippen LogP contribution in [-0.2, 0) is 20.9 Å². The maximum atomic E-state index is 13.0. The van der Waals surface area contributed by atoms with Crippen molar-refractivity contribution in [3.05, 3.63) is 35.1 Å². The molecule has 1 saturated heterocycles. The highest BCUT2D eigenvalue weighted by Crippen LogP contribution is 2.26. The number of hydrogen-bond acceptors (Lipinski definition) is 6. The van der Waals surface area contributed by atoms with Crippen LogP contribution in [0.2, 0.25) is 0 Å². The Morgan fingerprint density at radius 1 is 1.42 bits per heavy atom. The molecule has 7 nitrogen and oxygen atoms in total. The summed E-state index contributed by atoms with van der Waals surface area (Å²) in [7, 11) is 1.55. The third-order valence-electron chi connectivity index (χ3n) is 3.60. The Kier molecular flexibility index (Phi) is 4.81. The molecule has 0 spiro atoms. The molecule has 0 radical (unpaired) electrons. The Morgan fingerprint density at radius 2 is 2.17 bits per heavy atom. The predicted molar refractivity (Wildman–Crippen MR) is 86.1 cm³/mol. The van der Waals surface area contributed by atoms with Crippen molar-refractivity contribution in [2.75, 3.05) is 23.9 Å². The van der Waals surface area contributed by atoms with Crippen molar-refractivity contribution in [3.8, 4) is 0 Å². The summed E-state index contributed by atoms with van der Waals surface area (Å²) in [6.07, 6.45) is 0.104. The second-order valence-corrected chi connectivity index (χ2v) is 6.37. The SMILES string of the molecule is COCc1nnc(NC(=O)[C@@H]2CC(=O)N(c3ccc(F)cc3)C2)s1. The molecule has 3 rings (SSSR count). The number of rotatable bonds is 5. The number of aromatic nitrogens is 2. The van der Waals surface area contributed by atoms with Crippen LogP contribution in [0.1, 0.15) is 11.4 Å². The first-order valence-corrected chi connectivity index (χ1v) is 8.06.